The Balaban J connectivity index is 1.73. The van der Waals surface area contributed by atoms with Crippen LogP contribution in [0.5, 0.6) is 11.5 Å². The SMILES string of the molecule is COc1ccc(C=CC(=O)c2ccc(C#N)cc2)cc1OCc1ccccc1. The summed E-state index contributed by atoms with van der Waals surface area (Å²) in [7, 11) is 1.59. The van der Waals surface area contributed by atoms with Gasteiger partial charge in [-0.3, -0.25) is 4.79 Å². The zero-order valence-electron chi connectivity index (χ0n) is 15.5. The predicted octanol–water partition coefficient (Wildman–Crippen LogP) is 5.04. The Morgan fingerprint density at radius 3 is 2.43 bits per heavy atom. The molecule has 4 heteroatoms. The van der Waals surface area contributed by atoms with Crippen molar-refractivity contribution in [1.82, 2.24) is 0 Å². The van der Waals surface area contributed by atoms with Crippen LogP contribution in [0.25, 0.3) is 6.08 Å². The molecule has 0 bridgehead atoms. The van der Waals surface area contributed by atoms with Crippen LogP contribution >= 0.6 is 0 Å². The molecule has 0 atom stereocenters. The Morgan fingerprint density at radius 2 is 1.75 bits per heavy atom. The van der Waals surface area contributed by atoms with Crippen molar-refractivity contribution in [3.63, 3.8) is 0 Å². The van der Waals surface area contributed by atoms with Gasteiger partial charge in [-0.1, -0.05) is 42.5 Å². The Kier molecular flexibility index (Phi) is 6.22. The molecule has 4 nitrogen and oxygen atoms in total. The standard InChI is InChI=1S/C24H19NO3/c1-27-23-14-10-18(15-24(23)28-17-20-5-3-2-4-6-20)9-13-22(26)21-11-7-19(16-25)8-12-21/h2-15H,17H2,1H3. The van der Waals surface area contributed by atoms with Crippen LogP contribution in [0.15, 0.2) is 78.9 Å². The monoisotopic (exact) mass is 369 g/mol. The molecule has 0 spiro atoms. The lowest BCUT2D eigenvalue weighted by Crippen LogP contribution is -1.98. The molecule has 3 aromatic carbocycles. The average molecular weight is 369 g/mol. The maximum absolute atomic E-state index is 12.3. The highest BCUT2D eigenvalue weighted by Crippen LogP contribution is 2.29. The first-order chi connectivity index (χ1) is 13.7. The number of nitriles is 1. The number of ketones is 1. The molecule has 0 unspecified atom stereocenters. The van der Waals surface area contributed by atoms with Crippen molar-refractivity contribution in [1.29, 1.82) is 5.26 Å². The van der Waals surface area contributed by atoms with Gasteiger partial charge in [0, 0.05) is 5.56 Å². The van der Waals surface area contributed by atoms with Crippen molar-refractivity contribution in [3.8, 4) is 17.6 Å². The minimum absolute atomic E-state index is 0.132. The minimum atomic E-state index is -0.132. The summed E-state index contributed by atoms with van der Waals surface area (Å²) in [6.07, 6.45) is 3.24. The molecule has 0 aliphatic carbocycles. The number of methoxy groups -OCH3 is 1. The molecule has 0 heterocycles. The third-order valence-corrected chi connectivity index (χ3v) is 4.15. The Morgan fingerprint density at radius 1 is 1.00 bits per heavy atom. The van der Waals surface area contributed by atoms with Crippen molar-refractivity contribution in [2.24, 2.45) is 0 Å². The number of nitrogens with zero attached hydrogens (tertiary/aromatic N) is 1. The number of ether oxygens (including phenoxy) is 2. The lowest BCUT2D eigenvalue weighted by molar-refractivity contribution is 0.104. The van der Waals surface area contributed by atoms with Gasteiger partial charge in [0.15, 0.2) is 17.3 Å². The van der Waals surface area contributed by atoms with Crippen LogP contribution in [0.1, 0.15) is 27.0 Å². The van der Waals surface area contributed by atoms with Gasteiger partial charge in [0.2, 0.25) is 0 Å². The number of allylic oxidation sites excluding steroid dienone is 1. The van der Waals surface area contributed by atoms with Crippen LogP contribution in [0.2, 0.25) is 0 Å². The second kappa shape index (κ2) is 9.20. The molecular weight excluding hydrogens is 350 g/mol. The zero-order valence-corrected chi connectivity index (χ0v) is 15.5. The third-order valence-electron chi connectivity index (χ3n) is 4.15. The second-order valence-electron chi connectivity index (χ2n) is 6.07. The van der Waals surface area contributed by atoms with Crippen LogP contribution in [-0.2, 0) is 6.61 Å². The molecule has 0 saturated heterocycles. The van der Waals surface area contributed by atoms with Crippen molar-refractivity contribution in [2.45, 2.75) is 6.61 Å². The Labute approximate surface area is 164 Å². The molecule has 3 rings (SSSR count). The molecule has 0 aromatic heterocycles. The zero-order chi connectivity index (χ0) is 19.8. The number of carbonyl (C=O) groups excluding carboxylic acids is 1. The molecule has 0 aliphatic rings. The van der Waals surface area contributed by atoms with E-state index >= 15 is 0 Å². The second-order valence-corrected chi connectivity index (χ2v) is 6.07. The Hall–Kier alpha value is -3.84. The maximum atomic E-state index is 12.3. The van der Waals surface area contributed by atoms with Crippen LogP contribution in [0.3, 0.4) is 0 Å². The fraction of sp³-hybridized carbons (Fsp3) is 0.0833. The summed E-state index contributed by atoms with van der Waals surface area (Å²) in [4.78, 5) is 12.3. The van der Waals surface area contributed by atoms with Crippen LogP contribution < -0.4 is 9.47 Å². The van der Waals surface area contributed by atoms with E-state index in [0.29, 0.717) is 29.2 Å². The van der Waals surface area contributed by atoms with E-state index in [-0.39, 0.29) is 5.78 Å². The minimum Gasteiger partial charge on any atom is -0.493 e. The van der Waals surface area contributed by atoms with E-state index in [0.717, 1.165) is 11.1 Å². The number of rotatable bonds is 7. The molecular formula is C24H19NO3. The van der Waals surface area contributed by atoms with E-state index in [1.54, 1.807) is 37.5 Å². The van der Waals surface area contributed by atoms with Gasteiger partial charge in [-0.05, 0) is 53.6 Å². The summed E-state index contributed by atoms with van der Waals surface area (Å²) in [6, 6.07) is 24.0. The summed E-state index contributed by atoms with van der Waals surface area (Å²) >= 11 is 0. The number of carbonyl (C=O) groups is 1. The van der Waals surface area contributed by atoms with E-state index in [1.165, 1.54) is 6.08 Å². The number of hydrogen-bond donors (Lipinski definition) is 0. The molecule has 3 aromatic rings. The Bertz CT molecular complexity index is 1020. The topological polar surface area (TPSA) is 59.3 Å². The summed E-state index contributed by atoms with van der Waals surface area (Å²) in [5.74, 6) is 1.11. The smallest absolute Gasteiger partial charge is 0.185 e. The fourth-order valence-corrected chi connectivity index (χ4v) is 2.62. The van der Waals surface area contributed by atoms with Gasteiger partial charge in [0.1, 0.15) is 6.61 Å². The van der Waals surface area contributed by atoms with Crippen LogP contribution in [0.4, 0.5) is 0 Å². The summed E-state index contributed by atoms with van der Waals surface area (Å²) < 4.78 is 11.3. The summed E-state index contributed by atoms with van der Waals surface area (Å²) in [5.41, 5.74) is 2.94. The highest BCUT2D eigenvalue weighted by Gasteiger charge is 2.06. The predicted molar refractivity (Wildman–Crippen MR) is 108 cm³/mol. The highest BCUT2D eigenvalue weighted by atomic mass is 16.5. The van der Waals surface area contributed by atoms with Gasteiger partial charge in [-0.15, -0.1) is 0 Å². The lowest BCUT2D eigenvalue weighted by atomic mass is 10.1. The highest BCUT2D eigenvalue weighted by molar-refractivity contribution is 6.06. The molecule has 0 amide bonds. The summed E-state index contributed by atoms with van der Waals surface area (Å²) in [6.45, 7) is 0.425. The van der Waals surface area contributed by atoms with Crippen LogP contribution in [-0.4, -0.2) is 12.9 Å². The summed E-state index contributed by atoms with van der Waals surface area (Å²) in [5, 5.41) is 8.83. The van der Waals surface area contributed by atoms with Gasteiger partial charge in [-0.25, -0.2) is 0 Å². The molecule has 0 radical (unpaired) electrons. The molecule has 0 saturated carbocycles. The molecule has 0 fully saturated rings. The van der Waals surface area contributed by atoms with Crippen LogP contribution in [0, 0.1) is 11.3 Å². The van der Waals surface area contributed by atoms with Crippen molar-refractivity contribution >= 4 is 11.9 Å². The first-order valence-corrected chi connectivity index (χ1v) is 8.77. The van der Waals surface area contributed by atoms with Gasteiger partial charge in [0.05, 0.1) is 18.7 Å². The van der Waals surface area contributed by atoms with Gasteiger partial charge < -0.3 is 9.47 Å². The average Bonchev–Trinajstić information content (AvgIpc) is 2.76. The molecule has 28 heavy (non-hydrogen) atoms. The van der Waals surface area contributed by atoms with E-state index in [9.17, 15) is 4.79 Å². The van der Waals surface area contributed by atoms with Crippen molar-refractivity contribution < 1.29 is 14.3 Å². The molecule has 138 valence electrons. The van der Waals surface area contributed by atoms with E-state index < -0.39 is 0 Å². The van der Waals surface area contributed by atoms with Crippen molar-refractivity contribution in [3.05, 3.63) is 101 Å². The lowest BCUT2D eigenvalue weighted by Gasteiger charge is -2.11. The fourth-order valence-electron chi connectivity index (χ4n) is 2.62. The van der Waals surface area contributed by atoms with E-state index in [1.807, 2.05) is 54.6 Å². The quantitative estimate of drug-likeness (QED) is 0.432. The van der Waals surface area contributed by atoms with Crippen molar-refractivity contribution in [2.75, 3.05) is 7.11 Å². The normalized spacial score (nSPS) is 10.4. The molecule has 0 N–H and O–H groups in total. The van der Waals surface area contributed by atoms with E-state index in [4.69, 9.17) is 14.7 Å². The first kappa shape index (κ1) is 18.9. The third kappa shape index (κ3) is 4.87. The molecule has 0 aliphatic heterocycles. The maximum Gasteiger partial charge on any atom is 0.185 e. The number of benzene rings is 3. The first-order valence-electron chi connectivity index (χ1n) is 8.77. The number of hydrogen-bond acceptors (Lipinski definition) is 4. The largest absolute Gasteiger partial charge is 0.493 e. The van der Waals surface area contributed by atoms with Gasteiger partial charge >= 0.3 is 0 Å². The van der Waals surface area contributed by atoms with E-state index in [2.05, 4.69) is 0 Å². The van der Waals surface area contributed by atoms with Gasteiger partial charge in [0.25, 0.3) is 0 Å². The van der Waals surface area contributed by atoms with Gasteiger partial charge in [-0.2, -0.15) is 5.26 Å².